The van der Waals surface area contributed by atoms with Gasteiger partial charge >= 0.3 is 0 Å². The summed E-state index contributed by atoms with van der Waals surface area (Å²) in [6.07, 6.45) is 0. The van der Waals surface area contributed by atoms with Crippen LogP contribution in [0, 0.1) is 6.92 Å². The van der Waals surface area contributed by atoms with Gasteiger partial charge in [-0.3, -0.25) is 4.79 Å². The highest BCUT2D eigenvalue weighted by Gasteiger charge is 2.10. The van der Waals surface area contributed by atoms with Gasteiger partial charge in [-0.05, 0) is 19.1 Å². The number of thiophene rings is 1. The molecule has 6 heteroatoms. The summed E-state index contributed by atoms with van der Waals surface area (Å²) in [5.74, 6) is -0.123. The lowest BCUT2D eigenvalue weighted by atomic mass is 10.2. The molecule has 1 aromatic carbocycles. The van der Waals surface area contributed by atoms with Gasteiger partial charge in [0.15, 0.2) is 0 Å². The minimum Gasteiger partial charge on any atom is -0.346 e. The molecular weight excluding hydrogens is 336 g/mol. The lowest BCUT2D eigenvalue weighted by molar-refractivity contribution is 0.0954. The van der Waals surface area contributed by atoms with Crippen molar-refractivity contribution < 1.29 is 4.79 Å². The minimum atomic E-state index is -0.123. The Bertz CT molecular complexity index is 793. The van der Waals surface area contributed by atoms with Crippen LogP contribution in [-0.2, 0) is 6.54 Å². The van der Waals surface area contributed by atoms with E-state index in [9.17, 15) is 4.79 Å². The van der Waals surface area contributed by atoms with Crippen molar-refractivity contribution in [2.45, 2.75) is 13.5 Å². The van der Waals surface area contributed by atoms with Crippen LogP contribution < -0.4 is 5.32 Å². The second-order valence-electron chi connectivity index (χ2n) is 4.80. The summed E-state index contributed by atoms with van der Waals surface area (Å²) < 4.78 is 0.612. The molecule has 112 valence electrons. The number of hydrogen-bond acceptors (Lipinski definition) is 4. The average molecular weight is 349 g/mol. The number of rotatable bonds is 4. The molecule has 0 saturated heterocycles. The second-order valence-corrected chi connectivity index (χ2v) is 7.37. The first-order valence-electron chi connectivity index (χ1n) is 6.67. The number of thiazole rings is 1. The van der Waals surface area contributed by atoms with Crippen molar-refractivity contribution >= 4 is 40.2 Å². The molecule has 0 saturated carbocycles. The van der Waals surface area contributed by atoms with Gasteiger partial charge in [0, 0.05) is 10.9 Å². The van der Waals surface area contributed by atoms with Crippen molar-refractivity contribution in [3.05, 3.63) is 62.2 Å². The summed E-state index contributed by atoms with van der Waals surface area (Å²) in [7, 11) is 0. The third-order valence-corrected chi connectivity index (χ3v) is 5.25. The Hall–Kier alpha value is -1.69. The molecule has 3 rings (SSSR count). The van der Waals surface area contributed by atoms with E-state index in [-0.39, 0.29) is 5.91 Å². The maximum Gasteiger partial charge on any atom is 0.261 e. The SMILES string of the molecule is Cc1ccc(-c2nc(CNC(=O)c3ccc(Cl)s3)cs2)cc1. The Morgan fingerprint density at radius 3 is 2.68 bits per heavy atom. The van der Waals surface area contributed by atoms with Crippen LogP contribution in [0.1, 0.15) is 20.9 Å². The molecule has 0 unspecified atom stereocenters. The highest BCUT2D eigenvalue weighted by molar-refractivity contribution is 7.18. The molecule has 1 N–H and O–H groups in total. The average Bonchev–Trinajstić information content (AvgIpc) is 3.15. The zero-order valence-corrected chi connectivity index (χ0v) is 14.2. The predicted molar refractivity (Wildman–Crippen MR) is 92.8 cm³/mol. The number of halogens is 1. The molecule has 3 aromatic rings. The highest BCUT2D eigenvalue weighted by atomic mass is 35.5. The van der Waals surface area contributed by atoms with Crippen LogP contribution in [-0.4, -0.2) is 10.9 Å². The van der Waals surface area contributed by atoms with Crippen molar-refractivity contribution in [3.63, 3.8) is 0 Å². The van der Waals surface area contributed by atoms with Crippen molar-refractivity contribution in [2.24, 2.45) is 0 Å². The van der Waals surface area contributed by atoms with Gasteiger partial charge in [0.2, 0.25) is 0 Å². The molecule has 0 aliphatic rings. The van der Waals surface area contributed by atoms with Gasteiger partial charge < -0.3 is 5.32 Å². The number of benzene rings is 1. The van der Waals surface area contributed by atoms with Crippen molar-refractivity contribution in [2.75, 3.05) is 0 Å². The zero-order valence-electron chi connectivity index (χ0n) is 11.8. The summed E-state index contributed by atoms with van der Waals surface area (Å²) in [5, 5.41) is 5.79. The molecule has 1 amide bonds. The van der Waals surface area contributed by atoms with E-state index in [0.717, 1.165) is 16.3 Å². The highest BCUT2D eigenvalue weighted by Crippen LogP contribution is 2.24. The van der Waals surface area contributed by atoms with Crippen LogP contribution in [0.5, 0.6) is 0 Å². The second kappa shape index (κ2) is 6.60. The molecule has 0 atom stereocenters. The summed E-state index contributed by atoms with van der Waals surface area (Å²) in [4.78, 5) is 17.1. The Balaban J connectivity index is 1.64. The maximum absolute atomic E-state index is 12.0. The smallest absolute Gasteiger partial charge is 0.261 e. The number of nitrogens with zero attached hydrogens (tertiary/aromatic N) is 1. The summed E-state index contributed by atoms with van der Waals surface area (Å²) >= 11 is 8.68. The molecule has 0 bridgehead atoms. The Morgan fingerprint density at radius 2 is 2.00 bits per heavy atom. The van der Waals surface area contributed by atoms with E-state index in [1.54, 1.807) is 23.5 Å². The van der Waals surface area contributed by atoms with Gasteiger partial charge in [-0.15, -0.1) is 22.7 Å². The lowest BCUT2D eigenvalue weighted by Crippen LogP contribution is -2.21. The third-order valence-electron chi connectivity index (χ3n) is 3.08. The van der Waals surface area contributed by atoms with Crippen LogP contribution in [0.2, 0.25) is 4.34 Å². The molecule has 2 aromatic heterocycles. The molecule has 0 radical (unpaired) electrons. The molecular formula is C16H13ClN2OS2. The topological polar surface area (TPSA) is 42.0 Å². The standard InChI is InChI=1S/C16H13ClN2OS2/c1-10-2-4-11(5-3-10)16-19-12(9-21-16)8-18-15(20)13-6-7-14(17)22-13/h2-7,9H,8H2,1H3,(H,18,20). The fraction of sp³-hybridized carbons (Fsp3) is 0.125. The number of carbonyl (C=O) groups is 1. The largest absolute Gasteiger partial charge is 0.346 e. The molecule has 3 nitrogen and oxygen atoms in total. The fourth-order valence-electron chi connectivity index (χ4n) is 1.91. The van der Waals surface area contributed by atoms with Crippen LogP contribution in [0.25, 0.3) is 10.6 Å². The summed E-state index contributed by atoms with van der Waals surface area (Å²) in [5.41, 5.74) is 3.18. The van der Waals surface area contributed by atoms with E-state index in [0.29, 0.717) is 15.8 Å². The van der Waals surface area contributed by atoms with Gasteiger partial charge in [-0.2, -0.15) is 0 Å². The number of nitrogens with one attached hydrogen (secondary N) is 1. The lowest BCUT2D eigenvalue weighted by Gasteiger charge is -2.00. The first-order chi connectivity index (χ1) is 10.6. The van der Waals surface area contributed by atoms with Gasteiger partial charge in [0.05, 0.1) is 21.5 Å². The van der Waals surface area contributed by atoms with Gasteiger partial charge in [-0.1, -0.05) is 41.4 Å². The Kier molecular flexibility index (Phi) is 4.57. The van der Waals surface area contributed by atoms with Gasteiger partial charge in [0.25, 0.3) is 5.91 Å². The van der Waals surface area contributed by atoms with Crippen LogP contribution in [0.3, 0.4) is 0 Å². The first kappa shape index (κ1) is 15.2. The van der Waals surface area contributed by atoms with Crippen LogP contribution in [0.15, 0.2) is 41.8 Å². The number of aromatic nitrogens is 1. The third kappa shape index (κ3) is 3.55. The Labute approximate surface area is 141 Å². The number of hydrogen-bond donors (Lipinski definition) is 1. The molecule has 0 aliphatic carbocycles. The predicted octanol–water partition coefficient (Wildman–Crippen LogP) is 4.76. The normalized spacial score (nSPS) is 10.6. The number of aryl methyl sites for hydroxylation is 1. The van der Waals surface area contributed by atoms with E-state index >= 15 is 0 Å². The van der Waals surface area contributed by atoms with Crippen LogP contribution >= 0.6 is 34.3 Å². The van der Waals surface area contributed by atoms with Gasteiger partial charge in [0.1, 0.15) is 5.01 Å². The first-order valence-corrected chi connectivity index (χ1v) is 8.74. The van der Waals surface area contributed by atoms with E-state index < -0.39 is 0 Å². The van der Waals surface area contributed by atoms with E-state index in [1.807, 2.05) is 5.38 Å². The molecule has 22 heavy (non-hydrogen) atoms. The van der Waals surface area contributed by atoms with Crippen molar-refractivity contribution in [3.8, 4) is 10.6 Å². The minimum absolute atomic E-state index is 0.123. The van der Waals surface area contributed by atoms with E-state index in [2.05, 4.69) is 41.5 Å². The Morgan fingerprint density at radius 1 is 1.23 bits per heavy atom. The maximum atomic E-state index is 12.0. The molecule has 2 heterocycles. The van der Waals surface area contributed by atoms with Gasteiger partial charge in [-0.25, -0.2) is 4.98 Å². The summed E-state index contributed by atoms with van der Waals surface area (Å²) in [6, 6.07) is 11.7. The van der Waals surface area contributed by atoms with Crippen LogP contribution in [0.4, 0.5) is 0 Å². The van der Waals surface area contributed by atoms with E-state index in [1.165, 1.54) is 16.9 Å². The monoisotopic (exact) mass is 348 g/mol. The number of carbonyl (C=O) groups excluding carboxylic acids is 1. The zero-order chi connectivity index (χ0) is 15.5. The molecule has 0 aliphatic heterocycles. The summed E-state index contributed by atoms with van der Waals surface area (Å²) in [6.45, 7) is 2.47. The van der Waals surface area contributed by atoms with Crippen molar-refractivity contribution in [1.82, 2.24) is 10.3 Å². The van der Waals surface area contributed by atoms with E-state index in [4.69, 9.17) is 11.6 Å². The number of amides is 1. The molecule has 0 spiro atoms. The quantitative estimate of drug-likeness (QED) is 0.738. The molecule has 0 fully saturated rings. The van der Waals surface area contributed by atoms with Crippen molar-refractivity contribution in [1.29, 1.82) is 0 Å². The fourth-order valence-corrected chi connectivity index (χ4v) is 3.70.